The van der Waals surface area contributed by atoms with Gasteiger partial charge in [0.2, 0.25) is 0 Å². The number of carboxylic acid groups (broad SMARTS) is 1. The van der Waals surface area contributed by atoms with Crippen LogP contribution in [0.2, 0.25) is 0 Å². The second-order valence-electron chi connectivity index (χ2n) is 3.61. The lowest BCUT2D eigenvalue weighted by Gasteiger charge is -2.33. The molecular formula is C9H12BrN3O2S. The Kier molecular flexibility index (Phi) is 3.78. The molecule has 1 fully saturated rings. The Morgan fingerprint density at radius 2 is 2.19 bits per heavy atom. The van der Waals surface area contributed by atoms with Gasteiger partial charge in [-0.2, -0.15) is 0 Å². The van der Waals surface area contributed by atoms with Crippen molar-refractivity contribution in [2.45, 2.75) is 0 Å². The number of carboxylic acids is 1. The summed E-state index contributed by atoms with van der Waals surface area (Å²) in [6.07, 6.45) is 0. The number of rotatable bonds is 3. The average molecular weight is 306 g/mol. The normalized spacial score (nSPS) is 17.7. The van der Waals surface area contributed by atoms with E-state index in [1.54, 1.807) is 11.3 Å². The van der Waals surface area contributed by atoms with E-state index in [9.17, 15) is 4.79 Å². The molecule has 1 aliphatic heterocycles. The number of thiazole rings is 1. The molecule has 0 aromatic carbocycles. The smallest absolute Gasteiger partial charge is 0.317 e. The van der Waals surface area contributed by atoms with Crippen molar-refractivity contribution in [3.05, 3.63) is 9.98 Å². The largest absolute Gasteiger partial charge is 0.480 e. The molecule has 1 aromatic rings. The highest BCUT2D eigenvalue weighted by Gasteiger charge is 2.20. The zero-order chi connectivity index (χ0) is 11.5. The zero-order valence-corrected chi connectivity index (χ0v) is 11.0. The highest BCUT2D eigenvalue weighted by Crippen LogP contribution is 2.24. The molecule has 0 aliphatic carbocycles. The molecule has 2 rings (SSSR count). The van der Waals surface area contributed by atoms with Gasteiger partial charge in [-0.1, -0.05) is 0 Å². The fourth-order valence-electron chi connectivity index (χ4n) is 1.68. The highest BCUT2D eigenvalue weighted by atomic mass is 79.9. The first-order valence-electron chi connectivity index (χ1n) is 4.95. The number of hydrogen-bond acceptors (Lipinski definition) is 5. The number of aromatic nitrogens is 1. The maximum atomic E-state index is 10.6. The molecule has 0 atom stereocenters. The van der Waals surface area contributed by atoms with Crippen LogP contribution in [0.4, 0.5) is 5.13 Å². The van der Waals surface area contributed by atoms with Gasteiger partial charge in [0.25, 0.3) is 0 Å². The number of piperazine rings is 1. The summed E-state index contributed by atoms with van der Waals surface area (Å²) in [4.78, 5) is 19.0. The Morgan fingerprint density at radius 3 is 2.69 bits per heavy atom. The minimum Gasteiger partial charge on any atom is -0.480 e. The van der Waals surface area contributed by atoms with Crippen molar-refractivity contribution in [1.29, 1.82) is 0 Å². The lowest BCUT2D eigenvalue weighted by atomic mass is 10.3. The molecule has 7 heteroatoms. The van der Waals surface area contributed by atoms with Gasteiger partial charge in [-0.25, -0.2) is 4.98 Å². The first-order chi connectivity index (χ1) is 7.65. The van der Waals surface area contributed by atoms with E-state index in [-0.39, 0.29) is 6.54 Å². The van der Waals surface area contributed by atoms with E-state index in [0.29, 0.717) is 0 Å². The number of anilines is 1. The third-order valence-corrected chi connectivity index (χ3v) is 4.08. The molecule has 0 amide bonds. The fourth-order valence-corrected chi connectivity index (χ4v) is 2.98. The van der Waals surface area contributed by atoms with Gasteiger partial charge in [0.1, 0.15) is 4.60 Å². The fraction of sp³-hybridized carbons (Fsp3) is 0.556. The SMILES string of the molecule is O=C(O)CN1CCN(c2nc(Br)cs2)CC1. The van der Waals surface area contributed by atoms with Crippen LogP contribution < -0.4 is 4.90 Å². The molecule has 0 unspecified atom stereocenters. The zero-order valence-electron chi connectivity index (χ0n) is 8.60. The van der Waals surface area contributed by atoms with E-state index in [1.165, 1.54) is 0 Å². The van der Waals surface area contributed by atoms with Crippen LogP contribution in [0.5, 0.6) is 0 Å². The van der Waals surface area contributed by atoms with Crippen molar-refractivity contribution < 1.29 is 9.90 Å². The van der Waals surface area contributed by atoms with Gasteiger partial charge in [0.05, 0.1) is 6.54 Å². The van der Waals surface area contributed by atoms with Crippen molar-refractivity contribution in [1.82, 2.24) is 9.88 Å². The van der Waals surface area contributed by atoms with Crippen LogP contribution in [0.1, 0.15) is 0 Å². The van der Waals surface area contributed by atoms with Gasteiger partial charge in [0.15, 0.2) is 5.13 Å². The molecular weight excluding hydrogens is 294 g/mol. The van der Waals surface area contributed by atoms with Gasteiger partial charge in [-0.3, -0.25) is 9.69 Å². The van der Waals surface area contributed by atoms with Crippen molar-refractivity contribution in [2.75, 3.05) is 37.6 Å². The third-order valence-electron chi connectivity index (χ3n) is 2.47. The summed E-state index contributed by atoms with van der Waals surface area (Å²) in [7, 11) is 0. The van der Waals surface area contributed by atoms with Gasteiger partial charge in [-0.05, 0) is 15.9 Å². The Balaban J connectivity index is 1.87. The Bertz CT molecular complexity index is 377. The van der Waals surface area contributed by atoms with E-state index in [0.717, 1.165) is 35.9 Å². The molecule has 0 spiro atoms. The van der Waals surface area contributed by atoms with Crippen LogP contribution in [0.25, 0.3) is 0 Å². The Morgan fingerprint density at radius 1 is 1.50 bits per heavy atom. The first kappa shape index (κ1) is 11.8. The highest BCUT2D eigenvalue weighted by molar-refractivity contribution is 9.10. The maximum Gasteiger partial charge on any atom is 0.317 e. The van der Waals surface area contributed by atoms with Gasteiger partial charge < -0.3 is 10.0 Å². The van der Waals surface area contributed by atoms with Crippen LogP contribution in [-0.2, 0) is 4.79 Å². The van der Waals surface area contributed by atoms with Crippen molar-refractivity contribution >= 4 is 38.4 Å². The molecule has 88 valence electrons. The lowest BCUT2D eigenvalue weighted by molar-refractivity contribution is -0.138. The van der Waals surface area contributed by atoms with Gasteiger partial charge in [-0.15, -0.1) is 11.3 Å². The van der Waals surface area contributed by atoms with Crippen molar-refractivity contribution in [3.63, 3.8) is 0 Å². The molecule has 2 heterocycles. The minimum atomic E-state index is -0.759. The van der Waals surface area contributed by atoms with E-state index < -0.39 is 5.97 Å². The van der Waals surface area contributed by atoms with Crippen molar-refractivity contribution in [3.8, 4) is 0 Å². The molecule has 1 aliphatic rings. The van der Waals surface area contributed by atoms with Crippen molar-refractivity contribution in [2.24, 2.45) is 0 Å². The van der Waals surface area contributed by atoms with Crippen LogP contribution in [0, 0.1) is 0 Å². The summed E-state index contributed by atoms with van der Waals surface area (Å²) in [6.45, 7) is 3.38. The van der Waals surface area contributed by atoms with Gasteiger partial charge in [0, 0.05) is 31.6 Å². The minimum absolute atomic E-state index is 0.134. The molecule has 1 aromatic heterocycles. The van der Waals surface area contributed by atoms with Crippen LogP contribution in [0.15, 0.2) is 9.98 Å². The number of carbonyl (C=O) groups is 1. The van der Waals surface area contributed by atoms with E-state index >= 15 is 0 Å². The number of aliphatic carboxylic acids is 1. The topological polar surface area (TPSA) is 56.7 Å². The van der Waals surface area contributed by atoms with Crippen LogP contribution >= 0.6 is 27.3 Å². The molecule has 0 saturated carbocycles. The van der Waals surface area contributed by atoms with Gasteiger partial charge >= 0.3 is 5.97 Å². The summed E-state index contributed by atoms with van der Waals surface area (Å²) in [5, 5.41) is 11.6. The standard InChI is InChI=1S/C9H12BrN3O2S/c10-7-6-16-9(11-7)13-3-1-12(2-4-13)5-8(14)15/h6H,1-5H2,(H,14,15). The quantitative estimate of drug-likeness (QED) is 0.907. The number of hydrogen-bond donors (Lipinski definition) is 1. The summed E-state index contributed by atoms with van der Waals surface area (Å²) in [5.41, 5.74) is 0. The summed E-state index contributed by atoms with van der Waals surface area (Å²) in [5.74, 6) is -0.759. The second kappa shape index (κ2) is 5.11. The predicted octanol–water partition coefficient (Wildman–Crippen LogP) is 1.11. The summed E-state index contributed by atoms with van der Waals surface area (Å²) in [6, 6.07) is 0. The Hall–Kier alpha value is -0.660. The third kappa shape index (κ3) is 2.93. The number of nitrogens with zero attached hydrogens (tertiary/aromatic N) is 3. The van der Waals surface area contributed by atoms with E-state index in [2.05, 4.69) is 25.8 Å². The van der Waals surface area contributed by atoms with E-state index in [4.69, 9.17) is 5.11 Å². The van der Waals surface area contributed by atoms with Crippen LogP contribution in [0.3, 0.4) is 0 Å². The molecule has 0 radical (unpaired) electrons. The second-order valence-corrected chi connectivity index (χ2v) is 5.26. The first-order valence-corrected chi connectivity index (χ1v) is 6.62. The summed E-state index contributed by atoms with van der Waals surface area (Å²) < 4.78 is 0.862. The Labute approximate surface area is 106 Å². The molecule has 1 N–H and O–H groups in total. The molecule has 16 heavy (non-hydrogen) atoms. The average Bonchev–Trinajstić information content (AvgIpc) is 2.65. The lowest BCUT2D eigenvalue weighted by Crippen LogP contribution is -2.47. The number of halogens is 1. The molecule has 1 saturated heterocycles. The van der Waals surface area contributed by atoms with E-state index in [1.807, 2.05) is 10.3 Å². The maximum absolute atomic E-state index is 10.6. The monoisotopic (exact) mass is 305 g/mol. The van der Waals surface area contributed by atoms with Crippen LogP contribution in [-0.4, -0.2) is 53.7 Å². The molecule has 0 bridgehead atoms. The molecule has 5 nitrogen and oxygen atoms in total. The predicted molar refractivity (Wildman–Crippen MR) is 66.1 cm³/mol. The summed E-state index contributed by atoms with van der Waals surface area (Å²) >= 11 is 4.93.